The first kappa shape index (κ1) is 18.1. The molecule has 0 bridgehead atoms. The van der Waals surface area contributed by atoms with Gasteiger partial charge in [-0.1, -0.05) is 53.6 Å². The molecule has 0 N–H and O–H groups in total. The van der Waals surface area contributed by atoms with Gasteiger partial charge in [-0.05, 0) is 42.8 Å². The molecule has 0 saturated carbocycles. The van der Waals surface area contributed by atoms with Gasteiger partial charge in [-0.15, -0.1) is 0 Å². The van der Waals surface area contributed by atoms with E-state index in [9.17, 15) is 0 Å². The van der Waals surface area contributed by atoms with E-state index in [1.807, 2.05) is 42.5 Å². The number of benzene rings is 3. The van der Waals surface area contributed by atoms with Gasteiger partial charge in [0.05, 0.1) is 18.9 Å². The van der Waals surface area contributed by atoms with Gasteiger partial charge in [-0.25, -0.2) is 5.01 Å². The molecule has 2 aliphatic rings. The average Bonchev–Trinajstić information content (AvgIpc) is 3.19. The van der Waals surface area contributed by atoms with Crippen LogP contribution in [0.4, 0.5) is 0 Å². The van der Waals surface area contributed by atoms with Crippen LogP contribution in [0.5, 0.6) is 11.5 Å². The molecular weight excluding hydrogens is 384 g/mol. The maximum atomic E-state index is 6.39. The summed E-state index contributed by atoms with van der Waals surface area (Å²) in [6.07, 6.45) is 0.479. The summed E-state index contributed by atoms with van der Waals surface area (Å²) in [4.78, 5) is 0. The molecule has 146 valence electrons. The van der Waals surface area contributed by atoms with Gasteiger partial charge in [-0.2, -0.15) is 5.10 Å². The van der Waals surface area contributed by atoms with Crippen LogP contribution >= 0.6 is 11.6 Å². The number of fused-ring (bicyclic) bond motifs is 3. The van der Waals surface area contributed by atoms with Crippen molar-refractivity contribution in [3.05, 3.63) is 94.0 Å². The van der Waals surface area contributed by atoms with Gasteiger partial charge < -0.3 is 9.47 Å². The highest BCUT2D eigenvalue weighted by molar-refractivity contribution is 6.30. The Balaban J connectivity index is 1.60. The fraction of sp³-hybridized carbons (Fsp3) is 0.208. The Hall–Kier alpha value is -2.98. The molecule has 2 heterocycles. The van der Waals surface area contributed by atoms with E-state index in [1.165, 1.54) is 5.56 Å². The van der Waals surface area contributed by atoms with Crippen molar-refractivity contribution in [2.24, 2.45) is 5.10 Å². The molecule has 0 unspecified atom stereocenters. The van der Waals surface area contributed by atoms with Crippen molar-refractivity contribution in [2.45, 2.75) is 25.6 Å². The number of hydrogen-bond acceptors (Lipinski definition) is 4. The third kappa shape index (κ3) is 3.23. The van der Waals surface area contributed by atoms with E-state index in [1.54, 1.807) is 7.11 Å². The van der Waals surface area contributed by atoms with E-state index in [0.717, 1.165) is 40.3 Å². The molecule has 3 aromatic rings. The Morgan fingerprint density at radius 3 is 2.69 bits per heavy atom. The molecule has 0 aliphatic carbocycles. The molecule has 2 atom stereocenters. The summed E-state index contributed by atoms with van der Waals surface area (Å²) in [6.45, 7) is 2.09. The third-order valence-corrected chi connectivity index (χ3v) is 5.75. The van der Waals surface area contributed by atoms with Crippen molar-refractivity contribution >= 4 is 17.3 Å². The minimum Gasteiger partial charge on any atom is -0.497 e. The highest BCUT2D eigenvalue weighted by Gasteiger charge is 2.41. The van der Waals surface area contributed by atoms with Crippen LogP contribution in [0.25, 0.3) is 0 Å². The quantitative estimate of drug-likeness (QED) is 0.545. The maximum absolute atomic E-state index is 6.39. The van der Waals surface area contributed by atoms with Crippen molar-refractivity contribution in [1.29, 1.82) is 0 Å². The summed E-state index contributed by atoms with van der Waals surface area (Å²) >= 11 is 6.30. The highest BCUT2D eigenvalue weighted by atomic mass is 35.5. The number of aryl methyl sites for hydroxylation is 1. The third-order valence-electron chi connectivity index (χ3n) is 5.52. The number of halogens is 1. The largest absolute Gasteiger partial charge is 0.497 e. The predicted octanol–water partition coefficient (Wildman–Crippen LogP) is 5.90. The van der Waals surface area contributed by atoms with Crippen molar-refractivity contribution in [3.63, 3.8) is 0 Å². The molecule has 29 heavy (non-hydrogen) atoms. The van der Waals surface area contributed by atoms with Gasteiger partial charge in [0.25, 0.3) is 0 Å². The first-order chi connectivity index (χ1) is 14.1. The summed E-state index contributed by atoms with van der Waals surface area (Å²) in [6, 6.07) is 22.3. The van der Waals surface area contributed by atoms with Crippen molar-refractivity contribution in [2.75, 3.05) is 7.11 Å². The van der Waals surface area contributed by atoms with Crippen LogP contribution in [0.1, 0.15) is 40.9 Å². The number of nitrogens with zero attached hydrogens (tertiary/aromatic N) is 2. The normalized spacial score (nSPS) is 19.8. The zero-order valence-electron chi connectivity index (χ0n) is 16.3. The van der Waals surface area contributed by atoms with Crippen LogP contribution in [0, 0.1) is 6.92 Å². The SMILES string of the molecule is COc1cccc([C@@H]2Oc3ccc(Cl)cc3[C@H]3CC(c4ccc(C)cc4)=NN32)c1. The van der Waals surface area contributed by atoms with Gasteiger partial charge in [0.1, 0.15) is 11.5 Å². The molecule has 0 amide bonds. The molecule has 0 fully saturated rings. The molecular formula is C24H21ClN2O2. The molecule has 5 rings (SSSR count). The number of hydrogen-bond donors (Lipinski definition) is 0. The first-order valence-corrected chi connectivity index (χ1v) is 10.0. The summed E-state index contributed by atoms with van der Waals surface area (Å²) in [5, 5.41) is 7.76. The van der Waals surface area contributed by atoms with E-state index in [2.05, 4.69) is 36.2 Å². The number of rotatable bonds is 3. The van der Waals surface area contributed by atoms with Gasteiger partial charge in [-0.3, -0.25) is 0 Å². The second-order valence-electron chi connectivity index (χ2n) is 7.44. The monoisotopic (exact) mass is 404 g/mol. The molecule has 0 aromatic heterocycles. The standard InChI is InChI=1S/C24H21ClN2O2/c1-15-6-8-16(9-7-15)21-14-22-20-13-18(25)10-11-23(20)29-24(27(22)26-21)17-4-3-5-19(12-17)28-2/h3-13,22,24H,14H2,1-2H3/t22-,24+/m1/s1. The lowest BCUT2D eigenvalue weighted by Gasteiger charge is -2.38. The molecule has 0 radical (unpaired) electrons. The molecule has 0 spiro atoms. The van der Waals surface area contributed by atoms with Crippen LogP contribution in [-0.4, -0.2) is 17.8 Å². The number of hydrazone groups is 1. The Bertz CT molecular complexity index is 1090. The van der Waals surface area contributed by atoms with Gasteiger partial charge in [0, 0.05) is 22.6 Å². The number of ether oxygens (including phenoxy) is 2. The van der Waals surface area contributed by atoms with Crippen molar-refractivity contribution < 1.29 is 9.47 Å². The zero-order chi connectivity index (χ0) is 20.0. The van der Waals surface area contributed by atoms with Crippen LogP contribution in [-0.2, 0) is 0 Å². The first-order valence-electron chi connectivity index (χ1n) is 9.65. The van der Waals surface area contributed by atoms with E-state index in [-0.39, 0.29) is 12.3 Å². The summed E-state index contributed by atoms with van der Waals surface area (Å²) < 4.78 is 11.8. The smallest absolute Gasteiger partial charge is 0.214 e. The predicted molar refractivity (Wildman–Crippen MR) is 115 cm³/mol. The zero-order valence-corrected chi connectivity index (χ0v) is 17.1. The number of methoxy groups -OCH3 is 1. The van der Waals surface area contributed by atoms with Crippen LogP contribution < -0.4 is 9.47 Å². The summed E-state index contributed by atoms with van der Waals surface area (Å²) in [7, 11) is 1.67. The van der Waals surface area contributed by atoms with E-state index < -0.39 is 0 Å². The van der Waals surface area contributed by atoms with E-state index in [0.29, 0.717) is 5.02 Å². The van der Waals surface area contributed by atoms with Gasteiger partial charge in [0.2, 0.25) is 6.23 Å². The lowest BCUT2D eigenvalue weighted by atomic mass is 9.95. The molecule has 4 nitrogen and oxygen atoms in total. The topological polar surface area (TPSA) is 34.1 Å². The minimum absolute atomic E-state index is 0.0740. The maximum Gasteiger partial charge on any atom is 0.214 e. The minimum atomic E-state index is -0.327. The van der Waals surface area contributed by atoms with Crippen molar-refractivity contribution in [1.82, 2.24) is 5.01 Å². The van der Waals surface area contributed by atoms with Crippen LogP contribution in [0.3, 0.4) is 0 Å². The lowest BCUT2D eigenvalue weighted by Crippen LogP contribution is -2.33. The van der Waals surface area contributed by atoms with Gasteiger partial charge >= 0.3 is 0 Å². The van der Waals surface area contributed by atoms with E-state index >= 15 is 0 Å². The average molecular weight is 405 g/mol. The Kier molecular flexibility index (Phi) is 4.44. The second-order valence-corrected chi connectivity index (χ2v) is 7.88. The van der Waals surface area contributed by atoms with Gasteiger partial charge in [0.15, 0.2) is 0 Å². The Morgan fingerprint density at radius 2 is 1.90 bits per heavy atom. The van der Waals surface area contributed by atoms with Crippen LogP contribution in [0.15, 0.2) is 71.8 Å². The lowest BCUT2D eigenvalue weighted by molar-refractivity contribution is -0.0191. The van der Waals surface area contributed by atoms with Crippen molar-refractivity contribution in [3.8, 4) is 11.5 Å². The summed E-state index contributed by atoms with van der Waals surface area (Å²) in [5.74, 6) is 1.65. The molecule has 3 aromatic carbocycles. The Labute approximate surface area is 175 Å². The summed E-state index contributed by atoms with van der Waals surface area (Å²) in [5.41, 5.74) is 5.50. The molecule has 2 aliphatic heterocycles. The molecule has 5 heteroatoms. The molecule has 0 saturated heterocycles. The highest BCUT2D eigenvalue weighted by Crippen LogP contribution is 2.48. The fourth-order valence-electron chi connectivity index (χ4n) is 3.99. The van der Waals surface area contributed by atoms with E-state index in [4.69, 9.17) is 26.2 Å². The fourth-order valence-corrected chi connectivity index (χ4v) is 4.17. The second kappa shape index (κ2) is 7.12. The van der Waals surface area contributed by atoms with Crippen LogP contribution in [0.2, 0.25) is 5.02 Å². The Morgan fingerprint density at radius 1 is 1.07 bits per heavy atom.